The maximum absolute atomic E-state index is 12.9. The summed E-state index contributed by atoms with van der Waals surface area (Å²) in [4.78, 5) is 38.2. The van der Waals surface area contributed by atoms with Crippen LogP contribution >= 0.6 is 11.6 Å². The molecule has 2 fully saturated rings. The lowest BCUT2D eigenvalue weighted by Crippen LogP contribution is -2.54. The Bertz CT molecular complexity index is 830. The third-order valence-electron chi connectivity index (χ3n) is 5.36. The van der Waals surface area contributed by atoms with Crippen LogP contribution in [0.2, 0.25) is 5.02 Å². The van der Waals surface area contributed by atoms with E-state index in [1.165, 1.54) is 6.07 Å². The van der Waals surface area contributed by atoms with Gasteiger partial charge in [0.2, 0.25) is 5.91 Å². The Balaban J connectivity index is 1.72. The smallest absolute Gasteiger partial charge is 0.325 e. The molecule has 1 heterocycles. The zero-order chi connectivity index (χ0) is 20.7. The lowest BCUT2D eigenvalue weighted by molar-refractivity contribution is -0.137. The minimum Gasteiger partial charge on any atom is -0.325 e. The van der Waals surface area contributed by atoms with E-state index < -0.39 is 46.7 Å². The number of nitrogens with zero attached hydrogens (tertiary/aromatic N) is 1. The Morgan fingerprint density at radius 1 is 1.36 bits per heavy atom. The predicted molar refractivity (Wildman–Crippen MR) is 95.7 cm³/mol. The predicted octanol–water partition coefficient (Wildman–Crippen LogP) is 3.80. The molecule has 0 radical (unpaired) electrons. The number of alkyl halides is 3. The first-order valence-electron chi connectivity index (χ1n) is 8.85. The zero-order valence-electron chi connectivity index (χ0n) is 15.0. The summed E-state index contributed by atoms with van der Waals surface area (Å²) in [6.07, 6.45) is -1.63. The summed E-state index contributed by atoms with van der Waals surface area (Å²) >= 11 is 5.55. The van der Waals surface area contributed by atoms with E-state index in [0.717, 1.165) is 30.2 Å². The molecular formula is C18H19ClF3N3O3. The van der Waals surface area contributed by atoms with Crippen LogP contribution in [0.3, 0.4) is 0 Å². The highest BCUT2D eigenvalue weighted by Gasteiger charge is 2.55. The maximum Gasteiger partial charge on any atom is 0.417 e. The number of benzene rings is 1. The fourth-order valence-electron chi connectivity index (χ4n) is 3.80. The summed E-state index contributed by atoms with van der Waals surface area (Å²) in [6.45, 7) is 1.30. The number of anilines is 1. The van der Waals surface area contributed by atoms with Crippen LogP contribution in [0.5, 0.6) is 0 Å². The lowest BCUT2D eigenvalue weighted by atomic mass is 9.73. The molecule has 4 amide bonds. The van der Waals surface area contributed by atoms with Crippen LogP contribution in [-0.2, 0) is 15.8 Å². The molecule has 152 valence electrons. The molecule has 1 aromatic carbocycles. The van der Waals surface area contributed by atoms with Gasteiger partial charge in [-0.1, -0.05) is 31.4 Å². The van der Waals surface area contributed by atoms with Gasteiger partial charge in [0.05, 0.1) is 10.6 Å². The van der Waals surface area contributed by atoms with Crippen LogP contribution in [0, 0.1) is 5.92 Å². The van der Waals surface area contributed by atoms with Crippen molar-refractivity contribution in [2.75, 3.05) is 11.9 Å². The van der Waals surface area contributed by atoms with Crippen molar-refractivity contribution >= 4 is 35.1 Å². The monoisotopic (exact) mass is 417 g/mol. The minimum absolute atomic E-state index is 0.0589. The normalized spacial score (nSPS) is 25.2. The van der Waals surface area contributed by atoms with Gasteiger partial charge in [-0.25, -0.2) is 4.79 Å². The van der Waals surface area contributed by atoms with Crippen LogP contribution in [0.25, 0.3) is 0 Å². The van der Waals surface area contributed by atoms with Crippen LogP contribution in [-0.4, -0.2) is 34.8 Å². The van der Waals surface area contributed by atoms with Gasteiger partial charge >= 0.3 is 12.2 Å². The summed E-state index contributed by atoms with van der Waals surface area (Å²) < 4.78 is 38.8. The highest BCUT2D eigenvalue weighted by molar-refractivity contribution is 6.31. The van der Waals surface area contributed by atoms with E-state index in [9.17, 15) is 27.6 Å². The largest absolute Gasteiger partial charge is 0.417 e. The van der Waals surface area contributed by atoms with Crippen molar-refractivity contribution in [2.24, 2.45) is 5.92 Å². The van der Waals surface area contributed by atoms with Crippen LogP contribution in [0.4, 0.5) is 23.7 Å². The third kappa shape index (κ3) is 3.67. The highest BCUT2D eigenvalue weighted by Crippen LogP contribution is 2.38. The van der Waals surface area contributed by atoms with Gasteiger partial charge in [0.25, 0.3) is 5.91 Å². The Morgan fingerprint density at radius 3 is 2.71 bits per heavy atom. The fourth-order valence-corrected chi connectivity index (χ4v) is 4.03. The summed E-state index contributed by atoms with van der Waals surface area (Å²) in [5.41, 5.74) is -2.22. The van der Waals surface area contributed by atoms with E-state index in [1.807, 2.05) is 6.92 Å². The average molecular weight is 418 g/mol. The fraction of sp³-hybridized carbons (Fsp3) is 0.500. The van der Waals surface area contributed by atoms with E-state index in [4.69, 9.17) is 11.6 Å². The first-order valence-corrected chi connectivity index (χ1v) is 9.23. The lowest BCUT2D eigenvalue weighted by Gasteiger charge is -2.36. The molecule has 2 atom stereocenters. The molecule has 1 aliphatic carbocycles. The Labute approximate surface area is 164 Å². The number of imide groups is 1. The van der Waals surface area contributed by atoms with Crippen molar-refractivity contribution in [3.8, 4) is 0 Å². The number of urea groups is 1. The molecule has 1 saturated heterocycles. The van der Waals surface area contributed by atoms with Crippen LogP contribution in [0.1, 0.15) is 38.2 Å². The molecular weight excluding hydrogens is 399 g/mol. The quantitative estimate of drug-likeness (QED) is 0.734. The number of amides is 4. The van der Waals surface area contributed by atoms with Crippen molar-refractivity contribution in [1.82, 2.24) is 10.2 Å². The molecule has 10 heteroatoms. The van der Waals surface area contributed by atoms with Gasteiger partial charge in [0.1, 0.15) is 12.1 Å². The second-order valence-corrected chi connectivity index (χ2v) is 7.59. The van der Waals surface area contributed by atoms with E-state index in [1.54, 1.807) is 0 Å². The van der Waals surface area contributed by atoms with E-state index >= 15 is 0 Å². The Morgan fingerprint density at radius 2 is 2.07 bits per heavy atom. The zero-order valence-corrected chi connectivity index (χ0v) is 15.8. The van der Waals surface area contributed by atoms with E-state index in [-0.39, 0.29) is 11.6 Å². The van der Waals surface area contributed by atoms with Crippen molar-refractivity contribution in [3.05, 3.63) is 28.8 Å². The topological polar surface area (TPSA) is 78.5 Å². The highest BCUT2D eigenvalue weighted by atomic mass is 35.5. The van der Waals surface area contributed by atoms with E-state index in [0.29, 0.717) is 12.5 Å². The third-order valence-corrected chi connectivity index (χ3v) is 5.69. The standard InChI is InChI=1S/C18H19ClF3N3O3/c1-10-4-2-3-7-17(10)15(27)25(16(28)24-17)9-14(26)23-11-5-6-13(19)12(8-11)18(20,21)22/h5-6,8,10H,2-4,7,9H2,1H3,(H,23,26)(H,24,28). The first-order chi connectivity index (χ1) is 13.0. The van der Waals surface area contributed by atoms with Gasteiger partial charge in [0.15, 0.2) is 0 Å². The molecule has 0 aromatic heterocycles. The molecule has 0 bridgehead atoms. The van der Waals surface area contributed by atoms with Crippen molar-refractivity contribution in [1.29, 1.82) is 0 Å². The number of nitrogens with one attached hydrogen (secondary N) is 2. The number of hydrogen-bond acceptors (Lipinski definition) is 3. The number of carbonyl (C=O) groups is 3. The summed E-state index contributed by atoms with van der Waals surface area (Å²) in [7, 11) is 0. The molecule has 1 saturated carbocycles. The molecule has 2 N–H and O–H groups in total. The minimum atomic E-state index is -4.67. The number of hydrogen-bond donors (Lipinski definition) is 2. The summed E-state index contributed by atoms with van der Waals surface area (Å²) in [5, 5.41) is 4.50. The number of carbonyl (C=O) groups excluding carboxylic acids is 3. The molecule has 6 nitrogen and oxygen atoms in total. The SMILES string of the molecule is CC1CCCCC12NC(=O)N(CC(=O)Nc1ccc(Cl)c(C(F)(F)F)c1)C2=O. The first kappa shape index (κ1) is 20.4. The molecule has 1 spiro atoms. The molecule has 1 aromatic rings. The van der Waals surface area contributed by atoms with E-state index in [2.05, 4.69) is 10.6 Å². The van der Waals surface area contributed by atoms with Crippen LogP contribution < -0.4 is 10.6 Å². The molecule has 3 rings (SSSR count). The molecule has 2 aliphatic rings. The van der Waals surface area contributed by atoms with Crippen LogP contribution in [0.15, 0.2) is 18.2 Å². The number of rotatable bonds is 3. The molecule has 1 aliphatic heterocycles. The van der Waals surface area contributed by atoms with Gasteiger partial charge in [0, 0.05) is 5.69 Å². The molecule has 2 unspecified atom stereocenters. The summed E-state index contributed by atoms with van der Waals surface area (Å²) in [6, 6.07) is 2.27. The van der Waals surface area contributed by atoms with Gasteiger partial charge < -0.3 is 10.6 Å². The van der Waals surface area contributed by atoms with Gasteiger partial charge in [-0.05, 0) is 37.0 Å². The Kier molecular flexibility index (Phi) is 5.31. The van der Waals surface area contributed by atoms with Crippen molar-refractivity contribution in [3.63, 3.8) is 0 Å². The maximum atomic E-state index is 12.9. The second kappa shape index (κ2) is 7.27. The van der Waals surface area contributed by atoms with Gasteiger partial charge in [-0.3, -0.25) is 14.5 Å². The average Bonchev–Trinajstić information content (AvgIpc) is 2.83. The second-order valence-electron chi connectivity index (χ2n) is 7.18. The van der Waals surface area contributed by atoms with Crippen molar-refractivity contribution < 1.29 is 27.6 Å². The Hall–Kier alpha value is -2.29. The van der Waals surface area contributed by atoms with Crippen molar-refractivity contribution in [2.45, 2.75) is 44.3 Å². The molecule has 28 heavy (non-hydrogen) atoms. The summed E-state index contributed by atoms with van der Waals surface area (Å²) in [5.74, 6) is -1.30. The number of halogens is 4. The van der Waals surface area contributed by atoms with Gasteiger partial charge in [-0.2, -0.15) is 13.2 Å². The van der Waals surface area contributed by atoms with Gasteiger partial charge in [-0.15, -0.1) is 0 Å².